The molecule has 15 heteroatoms. The summed E-state index contributed by atoms with van der Waals surface area (Å²) in [6.45, 7) is 11.2. The lowest BCUT2D eigenvalue weighted by atomic mass is 9.42. The number of ether oxygens (including phenoxy) is 8. The van der Waals surface area contributed by atoms with Crippen molar-refractivity contribution in [1.29, 1.82) is 0 Å². The molecule has 0 aromatic heterocycles. The predicted molar refractivity (Wildman–Crippen MR) is 202 cm³/mol. The molecule has 12 unspecified atom stereocenters. The summed E-state index contributed by atoms with van der Waals surface area (Å²) < 4.78 is 47.7. The first-order valence-electron chi connectivity index (χ1n) is 21.8. The van der Waals surface area contributed by atoms with E-state index < -0.39 is 96.9 Å². The van der Waals surface area contributed by atoms with Crippen molar-refractivity contribution in [3.63, 3.8) is 0 Å². The molecule has 4 aliphatic carbocycles. The molecule has 4 aliphatic heterocycles. The number of hydrogen-bond acceptors (Lipinski definition) is 15. The fourth-order valence-corrected chi connectivity index (χ4v) is 13.1. The summed E-state index contributed by atoms with van der Waals surface area (Å²) in [5.74, 6) is -0.345. The third-order valence-corrected chi connectivity index (χ3v) is 16.2. The molecule has 21 atom stereocenters. The Balaban J connectivity index is 0.829. The van der Waals surface area contributed by atoms with Gasteiger partial charge < -0.3 is 63.4 Å². The molecule has 58 heavy (non-hydrogen) atoms. The van der Waals surface area contributed by atoms with Crippen LogP contribution < -0.4 is 0 Å². The predicted octanol–water partition coefficient (Wildman–Crippen LogP) is 2.79. The molecule has 8 rings (SSSR count). The third kappa shape index (κ3) is 7.49. The molecule has 328 valence electrons. The summed E-state index contributed by atoms with van der Waals surface area (Å²) in [5.41, 5.74) is -0.918. The van der Waals surface area contributed by atoms with Crippen LogP contribution >= 0.6 is 0 Å². The van der Waals surface area contributed by atoms with E-state index in [2.05, 4.69) is 6.92 Å². The van der Waals surface area contributed by atoms with Crippen LogP contribution in [0.1, 0.15) is 112 Å². The van der Waals surface area contributed by atoms with Crippen LogP contribution in [0.4, 0.5) is 0 Å². The highest BCUT2D eigenvalue weighted by Crippen LogP contribution is 2.70. The second kappa shape index (κ2) is 16.2. The molecular formula is C43H66O15. The van der Waals surface area contributed by atoms with Crippen molar-refractivity contribution in [2.24, 2.45) is 34.5 Å². The zero-order valence-electron chi connectivity index (χ0n) is 34.8. The highest BCUT2D eigenvalue weighted by Gasteiger charge is 2.71. The van der Waals surface area contributed by atoms with Gasteiger partial charge in [-0.2, -0.15) is 0 Å². The average molecular weight is 823 g/mol. The molecule has 0 amide bonds. The first kappa shape index (κ1) is 42.9. The summed E-state index contributed by atoms with van der Waals surface area (Å²) in [6.07, 6.45) is -1.66. The zero-order valence-corrected chi connectivity index (χ0v) is 34.8. The molecule has 15 nitrogen and oxygen atoms in total. The molecule has 4 saturated carbocycles. The SMILES string of the molecule is CC(=O)OC1CC(OC2C(O)CC(OC3C(O)CC(O[C@H]4CC[C@@]5(C)[C@H](CC[C@@H]6[C@@H]5C[C@@H](O)[C@]5(C)[C@@H](C7=CC(=O)OC7)CC[C@]65O)C4)OC3C)OC2C)OC(C)C1O. The van der Waals surface area contributed by atoms with E-state index in [1.54, 1.807) is 19.9 Å². The monoisotopic (exact) mass is 822 g/mol. The van der Waals surface area contributed by atoms with Crippen LogP contribution in [-0.2, 0) is 47.5 Å². The van der Waals surface area contributed by atoms with E-state index in [-0.39, 0.29) is 61.1 Å². The number of carbonyl (C=O) groups excluding carboxylic acids is 2. The van der Waals surface area contributed by atoms with Crippen LogP contribution in [0.3, 0.4) is 0 Å². The maximum Gasteiger partial charge on any atom is 0.331 e. The Kier molecular flexibility index (Phi) is 12.0. The standard InChI is InChI=1S/C43H66O15/c1-20-38(49)32(55-23(4)44)18-37(52-20)58-40-22(3)54-36(17-31(40)46)57-39-21(2)53-35(16-30(39)45)56-26-9-11-41(5)25(14-26)7-8-28-29(41)15-33(47)42(6)27(10-12-43(28,42)50)24-13-34(48)51-19-24/h13,20-22,25-33,35-40,45-47,49-50H,7-12,14-19H2,1-6H3/t20?,21?,22?,25-,26+,27-,28-,29+,30?,31?,32?,33-,35?,36?,37?,38?,39?,40?,41+,42+,43+/m1/s1. The third-order valence-electron chi connectivity index (χ3n) is 16.2. The summed E-state index contributed by atoms with van der Waals surface area (Å²) in [6, 6.07) is 0. The molecule has 0 aromatic rings. The van der Waals surface area contributed by atoms with E-state index in [0.717, 1.165) is 44.1 Å². The molecule has 4 heterocycles. The van der Waals surface area contributed by atoms with E-state index in [1.807, 2.05) is 13.8 Å². The summed E-state index contributed by atoms with van der Waals surface area (Å²) in [7, 11) is 0. The van der Waals surface area contributed by atoms with Crippen molar-refractivity contribution in [3.8, 4) is 0 Å². The van der Waals surface area contributed by atoms with Crippen molar-refractivity contribution in [2.75, 3.05) is 6.61 Å². The number of carbonyl (C=O) groups is 2. The molecule has 0 radical (unpaired) electrons. The Morgan fingerprint density at radius 2 is 1.38 bits per heavy atom. The van der Waals surface area contributed by atoms with Gasteiger partial charge in [0.25, 0.3) is 0 Å². The van der Waals surface area contributed by atoms with Gasteiger partial charge in [-0.05, 0) is 107 Å². The van der Waals surface area contributed by atoms with Crippen molar-refractivity contribution in [3.05, 3.63) is 11.6 Å². The molecule has 0 bridgehead atoms. The minimum atomic E-state index is -1.02. The molecule has 0 spiro atoms. The summed E-state index contributed by atoms with van der Waals surface area (Å²) >= 11 is 0. The largest absolute Gasteiger partial charge is 0.459 e. The van der Waals surface area contributed by atoms with E-state index >= 15 is 0 Å². The van der Waals surface area contributed by atoms with Gasteiger partial charge >= 0.3 is 11.9 Å². The highest BCUT2D eigenvalue weighted by atomic mass is 16.7. The van der Waals surface area contributed by atoms with Crippen LogP contribution in [0.25, 0.3) is 0 Å². The number of rotatable bonds is 8. The minimum Gasteiger partial charge on any atom is -0.459 e. The van der Waals surface area contributed by atoms with Crippen LogP contribution in [0, 0.1) is 34.5 Å². The van der Waals surface area contributed by atoms with Gasteiger partial charge in [-0.25, -0.2) is 4.79 Å². The Bertz CT molecular complexity index is 1530. The Morgan fingerprint density at radius 1 is 0.759 bits per heavy atom. The second-order valence-corrected chi connectivity index (χ2v) is 19.4. The molecule has 0 aromatic carbocycles. The summed E-state index contributed by atoms with van der Waals surface area (Å²) in [4.78, 5) is 23.5. The van der Waals surface area contributed by atoms with Crippen molar-refractivity contribution in [1.82, 2.24) is 0 Å². The van der Waals surface area contributed by atoms with Gasteiger partial charge in [0.15, 0.2) is 18.9 Å². The Morgan fingerprint density at radius 3 is 1.98 bits per heavy atom. The number of esters is 2. The first-order chi connectivity index (χ1) is 27.4. The highest BCUT2D eigenvalue weighted by molar-refractivity contribution is 5.85. The lowest BCUT2D eigenvalue weighted by Gasteiger charge is -2.65. The van der Waals surface area contributed by atoms with Gasteiger partial charge in [0.1, 0.15) is 31.0 Å². The smallest absolute Gasteiger partial charge is 0.331 e. The van der Waals surface area contributed by atoms with Gasteiger partial charge in [0.2, 0.25) is 0 Å². The minimum absolute atomic E-state index is 0.0561. The van der Waals surface area contributed by atoms with Gasteiger partial charge in [-0.15, -0.1) is 0 Å². The quantitative estimate of drug-likeness (QED) is 0.176. The summed E-state index contributed by atoms with van der Waals surface area (Å²) in [5, 5.41) is 57.3. The number of aliphatic hydroxyl groups is 5. The lowest BCUT2D eigenvalue weighted by molar-refractivity contribution is -0.336. The van der Waals surface area contributed by atoms with Crippen LogP contribution in [-0.4, -0.2) is 136 Å². The van der Waals surface area contributed by atoms with Crippen molar-refractivity contribution in [2.45, 2.75) is 204 Å². The topological polar surface area (TPSA) is 209 Å². The maximum atomic E-state index is 12.6. The molecule has 7 fully saturated rings. The number of aliphatic hydroxyl groups excluding tert-OH is 4. The van der Waals surface area contributed by atoms with Crippen molar-refractivity contribution >= 4 is 11.9 Å². The van der Waals surface area contributed by atoms with Crippen LogP contribution in [0.2, 0.25) is 0 Å². The molecule has 8 aliphatic rings. The molecule has 3 saturated heterocycles. The van der Waals surface area contributed by atoms with Gasteiger partial charge in [-0.1, -0.05) is 13.8 Å². The maximum absolute atomic E-state index is 12.6. The van der Waals surface area contributed by atoms with E-state index in [0.29, 0.717) is 18.8 Å². The normalized spacial score (nSPS) is 53.2. The van der Waals surface area contributed by atoms with Crippen LogP contribution in [0.15, 0.2) is 11.6 Å². The Labute approximate surface area is 341 Å². The zero-order chi connectivity index (χ0) is 41.5. The number of hydrogen-bond donors (Lipinski definition) is 5. The first-order valence-corrected chi connectivity index (χ1v) is 21.8. The molecule has 5 N–H and O–H groups in total. The van der Waals surface area contributed by atoms with E-state index in [9.17, 15) is 35.1 Å². The van der Waals surface area contributed by atoms with Crippen molar-refractivity contribution < 1.29 is 73.0 Å². The average Bonchev–Trinajstić information content (AvgIpc) is 3.70. The van der Waals surface area contributed by atoms with Gasteiger partial charge in [-0.3, -0.25) is 4.79 Å². The van der Waals surface area contributed by atoms with Gasteiger partial charge in [0, 0.05) is 37.7 Å². The Hall–Kier alpha value is -1.76. The van der Waals surface area contributed by atoms with Gasteiger partial charge in [0.05, 0.1) is 48.3 Å². The number of fused-ring (bicyclic) bond motifs is 5. The fourth-order valence-electron chi connectivity index (χ4n) is 13.1. The van der Waals surface area contributed by atoms with Crippen LogP contribution in [0.5, 0.6) is 0 Å². The second-order valence-electron chi connectivity index (χ2n) is 19.4. The lowest BCUT2D eigenvalue weighted by Crippen LogP contribution is -2.67. The fraction of sp³-hybridized carbons (Fsp3) is 0.907. The van der Waals surface area contributed by atoms with E-state index in [4.69, 9.17) is 37.9 Å². The molecular weight excluding hydrogens is 756 g/mol. The van der Waals surface area contributed by atoms with E-state index in [1.165, 1.54) is 6.92 Å². The number of cyclic esters (lactones) is 1.